The summed E-state index contributed by atoms with van der Waals surface area (Å²) in [5.74, 6) is -1.07. The van der Waals surface area contributed by atoms with E-state index in [2.05, 4.69) is 5.32 Å². The minimum atomic E-state index is -0.980. The van der Waals surface area contributed by atoms with Gasteiger partial charge in [0.05, 0.1) is 6.10 Å². The highest BCUT2D eigenvalue weighted by Crippen LogP contribution is 2.14. The van der Waals surface area contributed by atoms with Crippen LogP contribution in [-0.4, -0.2) is 53.8 Å². The third-order valence-corrected chi connectivity index (χ3v) is 3.83. The highest BCUT2D eigenvalue weighted by Gasteiger charge is 2.29. The van der Waals surface area contributed by atoms with Crippen LogP contribution in [0.1, 0.15) is 40.0 Å². The van der Waals surface area contributed by atoms with Gasteiger partial charge in [-0.15, -0.1) is 0 Å². The highest BCUT2D eigenvalue weighted by molar-refractivity contribution is 5.82. The first-order valence-electron chi connectivity index (χ1n) is 7.39. The Hall–Kier alpha value is -1.30. The second-order valence-corrected chi connectivity index (χ2v) is 5.32. The number of nitrogens with one attached hydrogen (secondary N) is 1. The van der Waals surface area contributed by atoms with Crippen LogP contribution >= 0.6 is 0 Å². The molecule has 3 unspecified atom stereocenters. The van der Waals surface area contributed by atoms with E-state index in [-0.39, 0.29) is 18.1 Å². The van der Waals surface area contributed by atoms with Crippen molar-refractivity contribution in [2.24, 2.45) is 5.92 Å². The lowest BCUT2D eigenvalue weighted by Crippen LogP contribution is -2.53. The fourth-order valence-electron chi connectivity index (χ4n) is 2.40. The summed E-state index contributed by atoms with van der Waals surface area (Å²) in [5, 5.41) is 11.8. The van der Waals surface area contributed by atoms with E-state index in [1.807, 2.05) is 20.8 Å². The van der Waals surface area contributed by atoms with Gasteiger partial charge in [0, 0.05) is 19.7 Å². The van der Waals surface area contributed by atoms with Gasteiger partial charge in [0.25, 0.3) is 0 Å². The van der Waals surface area contributed by atoms with Gasteiger partial charge in [-0.1, -0.05) is 20.3 Å². The van der Waals surface area contributed by atoms with E-state index in [0.29, 0.717) is 26.1 Å². The van der Waals surface area contributed by atoms with Crippen LogP contribution in [0.5, 0.6) is 0 Å². The molecule has 0 spiro atoms. The molecule has 0 aliphatic carbocycles. The second-order valence-electron chi connectivity index (χ2n) is 5.32. The van der Waals surface area contributed by atoms with Crippen molar-refractivity contribution in [1.29, 1.82) is 0 Å². The van der Waals surface area contributed by atoms with Crippen LogP contribution in [0.2, 0.25) is 0 Å². The fraction of sp³-hybridized carbons (Fsp3) is 0.857. The molecule has 6 heteroatoms. The number of likely N-dealkylation sites (tertiary alicyclic amines) is 1. The molecule has 0 aromatic rings. The topological polar surface area (TPSA) is 78.9 Å². The molecule has 20 heavy (non-hydrogen) atoms. The minimum Gasteiger partial charge on any atom is -0.480 e. The predicted octanol–water partition coefficient (Wildman–Crippen LogP) is 1.70. The summed E-state index contributed by atoms with van der Waals surface area (Å²) < 4.78 is 5.55. The summed E-state index contributed by atoms with van der Waals surface area (Å²) in [7, 11) is 0. The second kappa shape index (κ2) is 8.09. The van der Waals surface area contributed by atoms with Gasteiger partial charge >= 0.3 is 12.0 Å². The van der Waals surface area contributed by atoms with Gasteiger partial charge in [0.15, 0.2) is 0 Å². The first kappa shape index (κ1) is 16.8. The number of hydrogen-bond donors (Lipinski definition) is 2. The third-order valence-electron chi connectivity index (χ3n) is 3.83. The maximum Gasteiger partial charge on any atom is 0.326 e. The molecule has 1 fully saturated rings. The largest absolute Gasteiger partial charge is 0.480 e. The Bertz CT molecular complexity index is 333. The average Bonchev–Trinajstić information content (AvgIpc) is 2.44. The molecule has 0 aromatic carbocycles. The molecule has 1 aliphatic heterocycles. The number of ether oxygens (including phenoxy) is 1. The summed E-state index contributed by atoms with van der Waals surface area (Å²) in [6, 6.07) is -1.14. The number of amides is 2. The van der Waals surface area contributed by atoms with Crippen LogP contribution in [0.15, 0.2) is 0 Å². The molecule has 0 saturated carbocycles. The lowest BCUT2D eigenvalue weighted by Gasteiger charge is -2.33. The maximum absolute atomic E-state index is 12.2. The Morgan fingerprint density at radius 1 is 1.45 bits per heavy atom. The van der Waals surface area contributed by atoms with Crippen molar-refractivity contribution in [2.45, 2.75) is 52.2 Å². The van der Waals surface area contributed by atoms with Crippen molar-refractivity contribution in [3.8, 4) is 0 Å². The van der Waals surface area contributed by atoms with Crippen LogP contribution in [0.3, 0.4) is 0 Å². The van der Waals surface area contributed by atoms with Gasteiger partial charge < -0.3 is 20.1 Å². The molecule has 1 aliphatic rings. The van der Waals surface area contributed by atoms with Crippen molar-refractivity contribution >= 4 is 12.0 Å². The van der Waals surface area contributed by atoms with Gasteiger partial charge in [-0.2, -0.15) is 0 Å². The molecule has 2 N–H and O–H groups in total. The number of carbonyl (C=O) groups excluding carboxylic acids is 1. The van der Waals surface area contributed by atoms with E-state index in [9.17, 15) is 14.7 Å². The minimum absolute atomic E-state index is 0.0615. The fourth-order valence-corrected chi connectivity index (χ4v) is 2.40. The number of nitrogens with zero attached hydrogens (tertiary/aromatic N) is 1. The Morgan fingerprint density at radius 2 is 2.15 bits per heavy atom. The van der Waals surface area contributed by atoms with Gasteiger partial charge in [-0.05, 0) is 25.7 Å². The summed E-state index contributed by atoms with van der Waals surface area (Å²) in [4.78, 5) is 25.1. The van der Waals surface area contributed by atoms with E-state index in [1.54, 1.807) is 4.90 Å². The molecule has 0 radical (unpaired) electrons. The number of aliphatic carboxylic acids is 1. The molecule has 0 bridgehead atoms. The molecular formula is C14H26N2O4. The van der Waals surface area contributed by atoms with Crippen LogP contribution in [-0.2, 0) is 9.53 Å². The first-order valence-corrected chi connectivity index (χ1v) is 7.39. The zero-order valence-corrected chi connectivity index (χ0v) is 12.6. The van der Waals surface area contributed by atoms with E-state index < -0.39 is 12.0 Å². The quantitative estimate of drug-likeness (QED) is 0.779. The molecule has 0 aromatic heterocycles. The average molecular weight is 286 g/mol. The van der Waals surface area contributed by atoms with Crippen LogP contribution in [0.25, 0.3) is 0 Å². The zero-order chi connectivity index (χ0) is 15.1. The van der Waals surface area contributed by atoms with Gasteiger partial charge in [0.1, 0.15) is 6.04 Å². The van der Waals surface area contributed by atoms with Crippen molar-refractivity contribution in [2.75, 3.05) is 19.7 Å². The van der Waals surface area contributed by atoms with Crippen molar-refractivity contribution in [3.05, 3.63) is 0 Å². The summed E-state index contributed by atoms with van der Waals surface area (Å²) in [6.45, 7) is 7.50. The van der Waals surface area contributed by atoms with Crippen molar-refractivity contribution in [3.63, 3.8) is 0 Å². The molecule has 1 saturated heterocycles. The van der Waals surface area contributed by atoms with Crippen molar-refractivity contribution < 1.29 is 19.4 Å². The number of urea groups is 1. The number of piperidine rings is 1. The number of rotatable bonds is 6. The molecule has 3 atom stereocenters. The van der Waals surface area contributed by atoms with Crippen LogP contribution < -0.4 is 5.32 Å². The summed E-state index contributed by atoms with van der Waals surface area (Å²) >= 11 is 0. The normalized spacial score (nSPS) is 22.1. The maximum atomic E-state index is 12.2. The monoisotopic (exact) mass is 286 g/mol. The number of carbonyl (C=O) groups is 2. The van der Waals surface area contributed by atoms with Crippen molar-refractivity contribution in [1.82, 2.24) is 10.2 Å². The highest BCUT2D eigenvalue weighted by atomic mass is 16.5. The van der Waals surface area contributed by atoms with E-state index in [1.165, 1.54) is 0 Å². The summed E-state index contributed by atoms with van der Waals surface area (Å²) in [5.41, 5.74) is 0. The SMILES string of the molecule is CCOC1CCCN(C(=O)NC(C(=O)O)C(C)CC)C1. The Labute approximate surface area is 120 Å². The Morgan fingerprint density at radius 3 is 2.70 bits per heavy atom. The van der Waals surface area contributed by atoms with Crippen LogP contribution in [0, 0.1) is 5.92 Å². The number of carboxylic acids is 1. The van der Waals surface area contributed by atoms with Gasteiger partial charge in [-0.25, -0.2) is 9.59 Å². The smallest absolute Gasteiger partial charge is 0.326 e. The number of hydrogen-bond acceptors (Lipinski definition) is 3. The van der Waals surface area contributed by atoms with Gasteiger partial charge in [0.2, 0.25) is 0 Å². The number of carboxylic acid groups (broad SMARTS) is 1. The van der Waals surface area contributed by atoms with E-state index in [4.69, 9.17) is 4.74 Å². The summed E-state index contributed by atoms with van der Waals surface area (Å²) in [6.07, 6.45) is 2.61. The standard InChI is InChI=1S/C14H26N2O4/c1-4-10(3)12(13(17)18)15-14(19)16-8-6-7-11(9-16)20-5-2/h10-12H,4-9H2,1-3H3,(H,15,19)(H,17,18). The predicted molar refractivity (Wildman–Crippen MR) is 75.6 cm³/mol. The van der Waals surface area contributed by atoms with Crippen LogP contribution in [0.4, 0.5) is 4.79 Å². The molecule has 1 rings (SSSR count). The molecule has 6 nitrogen and oxygen atoms in total. The first-order chi connectivity index (χ1) is 9.49. The van der Waals surface area contributed by atoms with Gasteiger partial charge in [-0.3, -0.25) is 0 Å². The molecular weight excluding hydrogens is 260 g/mol. The third kappa shape index (κ3) is 4.67. The Balaban J connectivity index is 2.57. The van der Waals surface area contributed by atoms with E-state index >= 15 is 0 Å². The lowest BCUT2D eigenvalue weighted by molar-refractivity contribution is -0.140. The molecule has 2 amide bonds. The Kier molecular flexibility index (Phi) is 6.78. The van der Waals surface area contributed by atoms with E-state index in [0.717, 1.165) is 12.8 Å². The molecule has 1 heterocycles. The lowest BCUT2D eigenvalue weighted by atomic mass is 9.99. The molecule has 116 valence electrons. The zero-order valence-electron chi connectivity index (χ0n) is 12.6.